The summed E-state index contributed by atoms with van der Waals surface area (Å²) in [5.74, 6) is 0.543. The third kappa shape index (κ3) is 2.83. The summed E-state index contributed by atoms with van der Waals surface area (Å²) in [6.45, 7) is 1.58. The largest absolute Gasteiger partial charge is 0.475 e. The molecule has 1 saturated carbocycles. The number of hydrogen-bond acceptors (Lipinski definition) is 4. The van der Waals surface area contributed by atoms with E-state index in [2.05, 4.69) is 16.9 Å². The first-order chi connectivity index (χ1) is 7.27. The van der Waals surface area contributed by atoms with E-state index in [9.17, 15) is 0 Å². The average Bonchev–Trinajstić information content (AvgIpc) is 3.04. The molecule has 4 heteroatoms. The van der Waals surface area contributed by atoms with Crippen LogP contribution in [0.4, 0.5) is 5.69 Å². The minimum Gasteiger partial charge on any atom is -0.475 e. The number of pyridine rings is 1. The van der Waals surface area contributed by atoms with Crippen molar-refractivity contribution in [3.63, 3.8) is 0 Å². The fourth-order valence-electron chi connectivity index (χ4n) is 1.51. The predicted molar refractivity (Wildman–Crippen MR) is 59.8 cm³/mol. The van der Waals surface area contributed by atoms with Gasteiger partial charge in [0.2, 0.25) is 5.88 Å². The maximum absolute atomic E-state index is 5.71. The summed E-state index contributed by atoms with van der Waals surface area (Å²) in [6.07, 6.45) is 4.33. The molecule has 82 valence electrons. The average molecular weight is 207 g/mol. The molecule has 4 nitrogen and oxygen atoms in total. The quantitative estimate of drug-likeness (QED) is 0.786. The lowest BCUT2D eigenvalue weighted by atomic mass is 10.4. The van der Waals surface area contributed by atoms with Crippen molar-refractivity contribution in [1.29, 1.82) is 0 Å². The van der Waals surface area contributed by atoms with Crippen LogP contribution in [0, 0.1) is 0 Å². The molecule has 0 saturated heterocycles. The number of rotatable bonds is 5. The Morgan fingerprint density at radius 2 is 2.40 bits per heavy atom. The lowest BCUT2D eigenvalue weighted by Crippen LogP contribution is -2.26. The van der Waals surface area contributed by atoms with E-state index in [1.165, 1.54) is 12.8 Å². The zero-order valence-electron chi connectivity index (χ0n) is 9.02. The molecule has 1 fully saturated rings. The maximum Gasteiger partial charge on any atom is 0.237 e. The van der Waals surface area contributed by atoms with Gasteiger partial charge < -0.3 is 15.4 Å². The minimum absolute atomic E-state index is 0.543. The SMILES string of the molecule is CN(CCOc1ncccc1N)C1CC1. The van der Waals surface area contributed by atoms with Gasteiger partial charge in [-0.15, -0.1) is 0 Å². The molecule has 0 radical (unpaired) electrons. The molecule has 0 aliphatic heterocycles. The molecule has 1 aromatic heterocycles. The number of hydrogen-bond donors (Lipinski definition) is 1. The summed E-state index contributed by atoms with van der Waals surface area (Å²) in [6, 6.07) is 4.38. The van der Waals surface area contributed by atoms with Gasteiger partial charge in [-0.25, -0.2) is 4.98 Å². The summed E-state index contributed by atoms with van der Waals surface area (Å²) in [5, 5.41) is 0. The van der Waals surface area contributed by atoms with Gasteiger partial charge in [-0.2, -0.15) is 0 Å². The molecule has 1 aromatic rings. The van der Waals surface area contributed by atoms with E-state index in [1.807, 2.05) is 0 Å². The van der Waals surface area contributed by atoms with Gasteiger partial charge in [0.15, 0.2) is 0 Å². The van der Waals surface area contributed by atoms with E-state index in [1.54, 1.807) is 18.3 Å². The first-order valence-electron chi connectivity index (χ1n) is 5.31. The third-order valence-corrected chi connectivity index (χ3v) is 2.65. The van der Waals surface area contributed by atoms with Gasteiger partial charge in [0.25, 0.3) is 0 Å². The van der Waals surface area contributed by atoms with Gasteiger partial charge in [-0.1, -0.05) is 0 Å². The van der Waals surface area contributed by atoms with Gasteiger partial charge in [-0.05, 0) is 32.0 Å². The Kier molecular flexibility index (Phi) is 3.06. The second-order valence-electron chi connectivity index (χ2n) is 3.96. The van der Waals surface area contributed by atoms with Gasteiger partial charge in [0.1, 0.15) is 6.61 Å². The molecule has 2 N–H and O–H groups in total. The Bertz CT molecular complexity index is 325. The van der Waals surface area contributed by atoms with Crippen LogP contribution in [-0.4, -0.2) is 36.1 Å². The third-order valence-electron chi connectivity index (χ3n) is 2.65. The number of nitrogen functional groups attached to an aromatic ring is 1. The van der Waals surface area contributed by atoms with E-state index in [-0.39, 0.29) is 0 Å². The molecule has 2 rings (SSSR count). The van der Waals surface area contributed by atoms with E-state index in [4.69, 9.17) is 10.5 Å². The van der Waals surface area contributed by atoms with E-state index in [0.29, 0.717) is 18.2 Å². The molecule has 0 bridgehead atoms. The molecule has 0 spiro atoms. The number of nitrogens with zero attached hydrogens (tertiary/aromatic N) is 2. The molecule has 1 heterocycles. The Morgan fingerprint density at radius 1 is 1.60 bits per heavy atom. The zero-order chi connectivity index (χ0) is 10.7. The highest BCUT2D eigenvalue weighted by Gasteiger charge is 2.25. The Labute approximate surface area is 90.0 Å². The smallest absolute Gasteiger partial charge is 0.237 e. The van der Waals surface area contributed by atoms with Crippen LogP contribution in [0.25, 0.3) is 0 Å². The van der Waals surface area contributed by atoms with Crippen molar-refractivity contribution in [2.75, 3.05) is 25.9 Å². The van der Waals surface area contributed by atoms with Crippen LogP contribution in [0.5, 0.6) is 5.88 Å². The molecule has 1 aliphatic rings. The summed E-state index contributed by atoms with van der Waals surface area (Å²) >= 11 is 0. The number of ether oxygens (including phenoxy) is 1. The monoisotopic (exact) mass is 207 g/mol. The van der Waals surface area contributed by atoms with Gasteiger partial charge in [0.05, 0.1) is 5.69 Å². The van der Waals surface area contributed by atoms with Crippen molar-refractivity contribution in [2.45, 2.75) is 18.9 Å². The summed E-state index contributed by atoms with van der Waals surface area (Å²) in [7, 11) is 2.13. The second-order valence-corrected chi connectivity index (χ2v) is 3.96. The molecular formula is C11H17N3O. The first kappa shape index (κ1) is 10.2. The maximum atomic E-state index is 5.71. The van der Waals surface area contributed by atoms with E-state index < -0.39 is 0 Å². The fourth-order valence-corrected chi connectivity index (χ4v) is 1.51. The second kappa shape index (κ2) is 4.49. The summed E-state index contributed by atoms with van der Waals surface area (Å²) in [4.78, 5) is 6.39. The highest BCUT2D eigenvalue weighted by Crippen LogP contribution is 2.25. The van der Waals surface area contributed by atoms with Crippen LogP contribution in [0.15, 0.2) is 18.3 Å². The number of aromatic nitrogens is 1. The van der Waals surface area contributed by atoms with Gasteiger partial charge in [0, 0.05) is 18.8 Å². The number of likely N-dealkylation sites (N-methyl/N-ethyl adjacent to an activating group) is 1. The van der Waals surface area contributed by atoms with Gasteiger partial charge in [-0.3, -0.25) is 0 Å². The van der Waals surface area contributed by atoms with Crippen molar-refractivity contribution in [1.82, 2.24) is 9.88 Å². The summed E-state index contributed by atoms with van der Waals surface area (Å²) in [5.41, 5.74) is 6.31. The lowest BCUT2D eigenvalue weighted by molar-refractivity contribution is 0.227. The van der Waals surface area contributed by atoms with Crippen molar-refractivity contribution in [3.8, 4) is 5.88 Å². The molecule has 0 atom stereocenters. The Balaban J connectivity index is 1.75. The van der Waals surface area contributed by atoms with Crippen LogP contribution >= 0.6 is 0 Å². The lowest BCUT2D eigenvalue weighted by Gasteiger charge is -2.15. The van der Waals surface area contributed by atoms with Gasteiger partial charge >= 0.3 is 0 Å². The van der Waals surface area contributed by atoms with Crippen LogP contribution in [-0.2, 0) is 0 Å². The zero-order valence-corrected chi connectivity index (χ0v) is 9.02. The van der Waals surface area contributed by atoms with Crippen LogP contribution in [0.3, 0.4) is 0 Å². The number of nitrogens with two attached hydrogens (primary N) is 1. The standard InChI is InChI=1S/C11H17N3O/c1-14(9-4-5-9)7-8-15-11-10(12)3-2-6-13-11/h2-3,6,9H,4-5,7-8,12H2,1H3. The van der Waals surface area contributed by atoms with Crippen molar-refractivity contribution in [2.24, 2.45) is 0 Å². The normalized spacial score (nSPS) is 15.6. The van der Waals surface area contributed by atoms with Crippen molar-refractivity contribution < 1.29 is 4.74 Å². The molecule has 1 aliphatic carbocycles. The van der Waals surface area contributed by atoms with Crippen molar-refractivity contribution >= 4 is 5.69 Å². The highest BCUT2D eigenvalue weighted by atomic mass is 16.5. The van der Waals surface area contributed by atoms with Crippen LogP contribution in [0.1, 0.15) is 12.8 Å². The molecule has 0 unspecified atom stereocenters. The van der Waals surface area contributed by atoms with Crippen molar-refractivity contribution in [3.05, 3.63) is 18.3 Å². The fraction of sp³-hybridized carbons (Fsp3) is 0.545. The van der Waals surface area contributed by atoms with E-state index in [0.717, 1.165) is 12.6 Å². The summed E-state index contributed by atoms with van der Waals surface area (Å²) < 4.78 is 5.51. The minimum atomic E-state index is 0.543. The Hall–Kier alpha value is -1.29. The van der Waals surface area contributed by atoms with Crippen LogP contribution < -0.4 is 10.5 Å². The highest BCUT2D eigenvalue weighted by molar-refractivity contribution is 5.46. The molecule has 0 aromatic carbocycles. The molecule has 15 heavy (non-hydrogen) atoms. The predicted octanol–water partition coefficient (Wildman–Crippen LogP) is 1.14. The Morgan fingerprint density at radius 3 is 3.07 bits per heavy atom. The first-order valence-corrected chi connectivity index (χ1v) is 5.31. The molecular weight excluding hydrogens is 190 g/mol. The topological polar surface area (TPSA) is 51.4 Å². The molecule has 0 amide bonds. The number of anilines is 1. The van der Waals surface area contributed by atoms with E-state index >= 15 is 0 Å². The van der Waals surface area contributed by atoms with Crippen LogP contribution in [0.2, 0.25) is 0 Å².